The fourth-order valence-corrected chi connectivity index (χ4v) is 6.41. The number of aromatic nitrogens is 2. The second kappa shape index (κ2) is 8.63. The Morgan fingerprint density at radius 1 is 0.971 bits per heavy atom. The van der Waals surface area contributed by atoms with Crippen LogP contribution in [-0.2, 0) is 16.4 Å². The number of sulfonamides is 1. The molecule has 178 valence electrons. The average molecular weight is 481 g/mol. The zero-order chi connectivity index (χ0) is 24.0. The monoisotopic (exact) mass is 480 g/mol. The predicted molar refractivity (Wildman–Crippen MR) is 131 cm³/mol. The third-order valence-electron chi connectivity index (χ3n) is 6.66. The molecule has 0 spiro atoms. The lowest BCUT2D eigenvalue weighted by Gasteiger charge is -2.26. The summed E-state index contributed by atoms with van der Waals surface area (Å²) < 4.78 is 29.1. The summed E-state index contributed by atoms with van der Waals surface area (Å²) in [6.45, 7) is 5.24. The summed E-state index contributed by atoms with van der Waals surface area (Å²) in [5, 5.41) is 5.42. The van der Waals surface area contributed by atoms with Crippen LogP contribution in [0.3, 0.4) is 0 Å². The molecule has 1 saturated heterocycles. The van der Waals surface area contributed by atoms with Crippen molar-refractivity contribution in [1.29, 1.82) is 0 Å². The smallest absolute Gasteiger partial charge is 0.279 e. The van der Waals surface area contributed by atoms with E-state index in [-0.39, 0.29) is 28.1 Å². The highest BCUT2D eigenvalue weighted by Gasteiger charge is 2.32. The van der Waals surface area contributed by atoms with Crippen LogP contribution in [0.4, 0.5) is 5.69 Å². The number of rotatable bonds is 4. The van der Waals surface area contributed by atoms with Crippen molar-refractivity contribution in [3.63, 3.8) is 0 Å². The van der Waals surface area contributed by atoms with E-state index < -0.39 is 10.0 Å². The fourth-order valence-electron chi connectivity index (χ4n) is 4.85. The average Bonchev–Trinajstić information content (AvgIpc) is 3.28. The van der Waals surface area contributed by atoms with Crippen molar-refractivity contribution < 1.29 is 13.2 Å². The number of carbonyl (C=O) groups excluding carboxylic acids is 1. The minimum absolute atomic E-state index is 0.197. The molecule has 0 bridgehead atoms. The number of hydrogen-bond acceptors (Lipinski definition) is 5. The first-order valence-corrected chi connectivity index (χ1v) is 13.2. The van der Waals surface area contributed by atoms with Crippen LogP contribution in [0.25, 0.3) is 10.8 Å². The molecule has 0 N–H and O–H groups in total. The lowest BCUT2D eigenvalue weighted by molar-refractivity contribution is 0.0984. The van der Waals surface area contributed by atoms with Gasteiger partial charge in [-0.3, -0.25) is 9.59 Å². The number of piperidine rings is 1. The lowest BCUT2D eigenvalue weighted by atomic mass is 10.1. The Morgan fingerprint density at radius 2 is 1.68 bits per heavy atom. The molecule has 3 heterocycles. The summed E-state index contributed by atoms with van der Waals surface area (Å²) in [7, 11) is -3.54. The zero-order valence-corrected chi connectivity index (χ0v) is 20.2. The molecule has 0 radical (unpaired) electrons. The minimum atomic E-state index is -3.54. The molecule has 5 rings (SSSR count). The highest BCUT2D eigenvalue weighted by atomic mass is 32.2. The number of nitrogens with zero attached hydrogens (tertiary/aromatic N) is 4. The summed E-state index contributed by atoms with van der Waals surface area (Å²) >= 11 is 0. The molecule has 3 aromatic rings. The van der Waals surface area contributed by atoms with E-state index in [4.69, 9.17) is 0 Å². The lowest BCUT2D eigenvalue weighted by Crippen LogP contribution is -2.35. The van der Waals surface area contributed by atoms with Crippen LogP contribution in [0.15, 0.2) is 52.2 Å². The van der Waals surface area contributed by atoms with Gasteiger partial charge in [0.05, 0.1) is 16.3 Å². The van der Waals surface area contributed by atoms with Crippen molar-refractivity contribution in [2.75, 3.05) is 24.5 Å². The van der Waals surface area contributed by atoms with Crippen LogP contribution < -0.4 is 10.5 Å². The van der Waals surface area contributed by atoms with Gasteiger partial charge in [-0.1, -0.05) is 24.6 Å². The second-order valence-electron chi connectivity index (χ2n) is 9.20. The van der Waals surface area contributed by atoms with Crippen LogP contribution >= 0.6 is 0 Å². The Hall–Kier alpha value is -3.04. The molecule has 0 aliphatic carbocycles. The summed E-state index contributed by atoms with van der Waals surface area (Å²) in [5.41, 5.74) is 1.52. The standard InChI is InChI=1S/C25H28N4O4S/c1-17(2)29-24(30)21-9-5-4-8-20(21)23(26-29)25(31)28-15-12-18-16-19(10-11-22(18)28)34(32,33)27-13-6-3-7-14-27/h4-5,8-11,16-17H,3,6-7,12-15H2,1-2H3. The first-order chi connectivity index (χ1) is 16.3. The van der Waals surface area contributed by atoms with Crippen molar-refractivity contribution in [3.05, 3.63) is 64.1 Å². The van der Waals surface area contributed by atoms with Crippen molar-refractivity contribution >= 4 is 32.4 Å². The SMILES string of the molecule is CC(C)n1nc(C(=O)N2CCc3cc(S(=O)(=O)N4CCCCC4)ccc32)c2ccccc2c1=O. The van der Waals surface area contributed by atoms with Gasteiger partial charge in [0, 0.05) is 30.7 Å². The van der Waals surface area contributed by atoms with Gasteiger partial charge in [-0.05, 0) is 62.9 Å². The molecule has 34 heavy (non-hydrogen) atoms. The Bertz CT molecular complexity index is 1440. The number of carbonyl (C=O) groups is 1. The van der Waals surface area contributed by atoms with Gasteiger partial charge in [-0.2, -0.15) is 9.40 Å². The molecule has 2 aliphatic rings. The molecule has 2 aliphatic heterocycles. The van der Waals surface area contributed by atoms with Gasteiger partial charge in [-0.15, -0.1) is 0 Å². The summed E-state index contributed by atoms with van der Waals surface area (Å²) in [6, 6.07) is 11.8. The van der Waals surface area contributed by atoms with Gasteiger partial charge in [0.1, 0.15) is 0 Å². The van der Waals surface area contributed by atoms with Crippen molar-refractivity contribution in [1.82, 2.24) is 14.1 Å². The van der Waals surface area contributed by atoms with Crippen molar-refractivity contribution in [2.24, 2.45) is 0 Å². The maximum absolute atomic E-state index is 13.7. The van der Waals surface area contributed by atoms with E-state index in [1.165, 1.54) is 4.68 Å². The highest BCUT2D eigenvalue weighted by Crippen LogP contribution is 2.33. The Morgan fingerprint density at radius 3 is 2.38 bits per heavy atom. The summed E-state index contributed by atoms with van der Waals surface area (Å²) in [4.78, 5) is 28.4. The third-order valence-corrected chi connectivity index (χ3v) is 8.56. The maximum atomic E-state index is 13.7. The first-order valence-electron chi connectivity index (χ1n) is 11.8. The summed E-state index contributed by atoms with van der Waals surface area (Å²) in [5.74, 6) is -0.295. The normalized spacial score (nSPS) is 16.9. The quantitative estimate of drug-likeness (QED) is 0.571. The third kappa shape index (κ3) is 3.73. The predicted octanol–water partition coefficient (Wildman–Crippen LogP) is 3.35. The molecule has 1 aromatic heterocycles. The number of amides is 1. The van der Waals surface area contributed by atoms with Gasteiger partial charge in [-0.25, -0.2) is 13.1 Å². The van der Waals surface area contributed by atoms with Crippen LogP contribution in [0.1, 0.15) is 55.2 Å². The molecular weight excluding hydrogens is 452 g/mol. The minimum Gasteiger partial charge on any atom is -0.306 e. The molecule has 9 heteroatoms. The van der Waals surface area contributed by atoms with E-state index in [9.17, 15) is 18.0 Å². The van der Waals surface area contributed by atoms with Gasteiger partial charge in [0.25, 0.3) is 11.5 Å². The van der Waals surface area contributed by atoms with Crippen molar-refractivity contribution in [3.8, 4) is 0 Å². The van der Waals surface area contributed by atoms with Gasteiger partial charge < -0.3 is 4.90 Å². The number of fused-ring (bicyclic) bond motifs is 2. The maximum Gasteiger partial charge on any atom is 0.279 e. The molecule has 0 atom stereocenters. The van der Waals surface area contributed by atoms with Crippen LogP contribution in [0.2, 0.25) is 0 Å². The number of hydrogen-bond donors (Lipinski definition) is 0. The van der Waals surface area contributed by atoms with E-state index in [1.807, 2.05) is 13.8 Å². The number of anilines is 1. The van der Waals surface area contributed by atoms with Gasteiger partial charge in [0.2, 0.25) is 10.0 Å². The molecule has 0 unspecified atom stereocenters. The van der Waals surface area contributed by atoms with Crippen LogP contribution in [0, 0.1) is 0 Å². The molecule has 1 fully saturated rings. The van der Waals surface area contributed by atoms with E-state index in [0.717, 1.165) is 24.8 Å². The van der Waals surface area contributed by atoms with Gasteiger partial charge >= 0.3 is 0 Å². The van der Waals surface area contributed by atoms with E-state index in [0.29, 0.717) is 42.5 Å². The highest BCUT2D eigenvalue weighted by molar-refractivity contribution is 7.89. The molecule has 2 aromatic carbocycles. The fraction of sp³-hybridized carbons (Fsp3) is 0.400. The number of benzene rings is 2. The molecule has 8 nitrogen and oxygen atoms in total. The Kier molecular flexibility index (Phi) is 5.77. The Balaban J connectivity index is 1.53. The van der Waals surface area contributed by atoms with Crippen molar-refractivity contribution in [2.45, 2.75) is 50.5 Å². The Labute approximate surface area is 198 Å². The van der Waals surface area contributed by atoms with E-state index in [2.05, 4.69) is 5.10 Å². The van der Waals surface area contributed by atoms with E-state index >= 15 is 0 Å². The zero-order valence-electron chi connectivity index (χ0n) is 19.4. The van der Waals surface area contributed by atoms with Crippen LogP contribution in [-0.4, -0.2) is 48.0 Å². The largest absolute Gasteiger partial charge is 0.306 e. The summed E-state index contributed by atoms with van der Waals surface area (Å²) in [6.07, 6.45) is 3.38. The molecule has 0 saturated carbocycles. The topological polar surface area (TPSA) is 92.6 Å². The second-order valence-corrected chi connectivity index (χ2v) is 11.1. The first kappa shape index (κ1) is 22.7. The molecular formula is C25H28N4O4S. The van der Waals surface area contributed by atoms with E-state index in [1.54, 1.807) is 51.7 Å². The molecule has 1 amide bonds. The van der Waals surface area contributed by atoms with Crippen LogP contribution in [0.5, 0.6) is 0 Å². The van der Waals surface area contributed by atoms with Gasteiger partial charge in [0.15, 0.2) is 5.69 Å².